The third-order valence-electron chi connectivity index (χ3n) is 6.26. The SMILES string of the molecule is C[C@H]1CCCCN1CCCNC(=O)c1cccc(CN2C(=O)c3ccccc3C2=O)c1. The number of nitrogens with one attached hydrogen (secondary N) is 1. The molecule has 0 aliphatic carbocycles. The molecular weight excluding hydrogens is 390 g/mol. The lowest BCUT2D eigenvalue weighted by molar-refractivity contribution is 0.0642. The summed E-state index contributed by atoms with van der Waals surface area (Å²) in [5.74, 6) is -0.708. The number of amides is 3. The Bertz CT molecular complexity index is 952. The van der Waals surface area contributed by atoms with Gasteiger partial charge in [0.15, 0.2) is 0 Å². The van der Waals surface area contributed by atoms with Crippen LogP contribution in [0.1, 0.15) is 69.2 Å². The number of carbonyl (C=O) groups is 3. The van der Waals surface area contributed by atoms with Crippen LogP contribution in [0.4, 0.5) is 0 Å². The first-order valence-corrected chi connectivity index (χ1v) is 11.1. The molecule has 6 heteroatoms. The highest BCUT2D eigenvalue weighted by atomic mass is 16.2. The molecule has 2 aromatic carbocycles. The average molecular weight is 420 g/mol. The van der Waals surface area contributed by atoms with Crippen molar-refractivity contribution in [2.75, 3.05) is 19.6 Å². The van der Waals surface area contributed by atoms with E-state index in [4.69, 9.17) is 0 Å². The van der Waals surface area contributed by atoms with Crippen molar-refractivity contribution in [3.8, 4) is 0 Å². The van der Waals surface area contributed by atoms with Crippen LogP contribution in [-0.2, 0) is 6.54 Å². The molecule has 0 spiro atoms. The lowest BCUT2D eigenvalue weighted by Crippen LogP contribution is -2.39. The summed E-state index contributed by atoms with van der Waals surface area (Å²) in [5.41, 5.74) is 2.17. The Kier molecular flexibility index (Phi) is 6.47. The summed E-state index contributed by atoms with van der Waals surface area (Å²) in [6, 6.07) is 14.6. The van der Waals surface area contributed by atoms with E-state index in [1.165, 1.54) is 24.2 Å². The molecule has 2 aliphatic heterocycles. The first-order valence-electron chi connectivity index (χ1n) is 11.1. The van der Waals surface area contributed by atoms with Crippen molar-refractivity contribution < 1.29 is 14.4 Å². The number of carbonyl (C=O) groups excluding carboxylic acids is 3. The van der Waals surface area contributed by atoms with E-state index in [1.807, 2.05) is 6.07 Å². The number of rotatable bonds is 7. The van der Waals surface area contributed by atoms with Gasteiger partial charge in [-0.1, -0.05) is 30.7 Å². The molecule has 1 N–H and O–H groups in total. The number of benzene rings is 2. The van der Waals surface area contributed by atoms with Gasteiger partial charge in [-0.3, -0.25) is 19.3 Å². The van der Waals surface area contributed by atoms with Crippen LogP contribution in [0.2, 0.25) is 0 Å². The maximum absolute atomic E-state index is 12.6. The van der Waals surface area contributed by atoms with Gasteiger partial charge in [0.1, 0.15) is 0 Å². The Hall–Kier alpha value is -2.99. The van der Waals surface area contributed by atoms with Crippen LogP contribution in [-0.4, -0.2) is 53.2 Å². The van der Waals surface area contributed by atoms with Crippen molar-refractivity contribution in [3.63, 3.8) is 0 Å². The number of fused-ring (bicyclic) bond motifs is 1. The first-order chi connectivity index (χ1) is 15.0. The van der Waals surface area contributed by atoms with E-state index in [9.17, 15) is 14.4 Å². The van der Waals surface area contributed by atoms with E-state index in [0.717, 1.165) is 25.1 Å². The topological polar surface area (TPSA) is 69.7 Å². The fourth-order valence-electron chi connectivity index (χ4n) is 4.45. The molecule has 0 unspecified atom stereocenters. The van der Waals surface area contributed by atoms with Crippen LogP contribution in [0.3, 0.4) is 0 Å². The van der Waals surface area contributed by atoms with Gasteiger partial charge in [0.05, 0.1) is 17.7 Å². The van der Waals surface area contributed by atoms with E-state index in [2.05, 4.69) is 17.1 Å². The van der Waals surface area contributed by atoms with Crippen LogP contribution >= 0.6 is 0 Å². The Balaban J connectivity index is 1.31. The third-order valence-corrected chi connectivity index (χ3v) is 6.26. The van der Waals surface area contributed by atoms with Gasteiger partial charge in [-0.05, 0) is 62.6 Å². The minimum absolute atomic E-state index is 0.129. The highest BCUT2D eigenvalue weighted by molar-refractivity contribution is 6.21. The molecule has 2 aromatic rings. The van der Waals surface area contributed by atoms with Gasteiger partial charge in [-0.25, -0.2) is 0 Å². The number of likely N-dealkylation sites (tertiary alicyclic amines) is 1. The maximum Gasteiger partial charge on any atom is 0.261 e. The van der Waals surface area contributed by atoms with Gasteiger partial charge in [0.25, 0.3) is 17.7 Å². The highest BCUT2D eigenvalue weighted by Crippen LogP contribution is 2.24. The van der Waals surface area contributed by atoms with Crippen LogP contribution in [0, 0.1) is 0 Å². The summed E-state index contributed by atoms with van der Waals surface area (Å²) in [7, 11) is 0. The predicted molar refractivity (Wildman–Crippen MR) is 119 cm³/mol. The average Bonchev–Trinajstić information content (AvgIpc) is 3.03. The Morgan fingerprint density at radius 1 is 1.03 bits per heavy atom. The molecule has 4 rings (SSSR count). The molecule has 2 heterocycles. The second-order valence-corrected chi connectivity index (χ2v) is 8.43. The summed E-state index contributed by atoms with van der Waals surface area (Å²) in [6.07, 6.45) is 4.75. The minimum Gasteiger partial charge on any atom is -0.352 e. The molecule has 1 fully saturated rings. The van der Waals surface area contributed by atoms with E-state index in [1.54, 1.807) is 42.5 Å². The summed E-state index contributed by atoms with van der Waals surface area (Å²) in [6.45, 7) is 5.21. The van der Waals surface area contributed by atoms with Gasteiger partial charge < -0.3 is 10.2 Å². The standard InChI is InChI=1S/C25H29N3O3/c1-18-8-4-5-14-27(18)15-7-13-26-23(29)20-10-6-9-19(16-20)17-28-24(30)21-11-2-3-12-22(21)25(28)31/h2-3,6,9-12,16,18H,4-5,7-8,13-15,17H2,1H3,(H,26,29)/t18-/m0/s1. The van der Waals surface area contributed by atoms with Gasteiger partial charge >= 0.3 is 0 Å². The van der Waals surface area contributed by atoms with Crippen molar-refractivity contribution in [2.24, 2.45) is 0 Å². The molecule has 0 aromatic heterocycles. The first kappa shape index (κ1) is 21.2. The van der Waals surface area contributed by atoms with Gasteiger partial charge in [0.2, 0.25) is 0 Å². The molecular formula is C25H29N3O3. The van der Waals surface area contributed by atoms with Gasteiger partial charge in [-0.2, -0.15) is 0 Å². The van der Waals surface area contributed by atoms with Crippen LogP contribution in [0.15, 0.2) is 48.5 Å². The minimum atomic E-state index is -0.289. The summed E-state index contributed by atoms with van der Waals surface area (Å²) < 4.78 is 0. The molecule has 1 atom stereocenters. The predicted octanol–water partition coefficient (Wildman–Crippen LogP) is 3.48. The summed E-state index contributed by atoms with van der Waals surface area (Å²) in [5, 5.41) is 2.99. The number of hydrogen-bond donors (Lipinski definition) is 1. The molecule has 3 amide bonds. The van der Waals surface area contributed by atoms with E-state index in [0.29, 0.717) is 29.3 Å². The van der Waals surface area contributed by atoms with Crippen molar-refractivity contribution >= 4 is 17.7 Å². The van der Waals surface area contributed by atoms with Crippen molar-refractivity contribution in [3.05, 3.63) is 70.8 Å². The fraction of sp³-hybridized carbons (Fsp3) is 0.400. The molecule has 0 bridgehead atoms. The second-order valence-electron chi connectivity index (χ2n) is 8.43. The summed E-state index contributed by atoms with van der Waals surface area (Å²) in [4.78, 5) is 41.5. The van der Waals surface area contributed by atoms with Crippen molar-refractivity contribution in [2.45, 2.75) is 45.2 Å². The van der Waals surface area contributed by atoms with E-state index < -0.39 is 0 Å². The highest BCUT2D eigenvalue weighted by Gasteiger charge is 2.35. The van der Waals surface area contributed by atoms with Crippen LogP contribution < -0.4 is 5.32 Å². The van der Waals surface area contributed by atoms with Crippen LogP contribution in [0.25, 0.3) is 0 Å². The zero-order chi connectivity index (χ0) is 21.8. The molecule has 162 valence electrons. The summed E-state index contributed by atoms with van der Waals surface area (Å²) >= 11 is 0. The molecule has 0 saturated carbocycles. The molecule has 2 aliphatic rings. The van der Waals surface area contributed by atoms with Gasteiger partial charge in [-0.15, -0.1) is 0 Å². The molecule has 6 nitrogen and oxygen atoms in total. The fourth-order valence-corrected chi connectivity index (χ4v) is 4.45. The second kappa shape index (κ2) is 9.43. The number of nitrogens with zero attached hydrogens (tertiary/aromatic N) is 2. The van der Waals surface area contributed by atoms with Gasteiger partial charge in [0, 0.05) is 24.7 Å². The van der Waals surface area contributed by atoms with E-state index in [-0.39, 0.29) is 24.3 Å². The van der Waals surface area contributed by atoms with Crippen LogP contribution in [0.5, 0.6) is 0 Å². The number of hydrogen-bond acceptors (Lipinski definition) is 4. The normalized spacial score (nSPS) is 18.9. The van der Waals surface area contributed by atoms with Crippen molar-refractivity contribution in [1.82, 2.24) is 15.1 Å². The largest absolute Gasteiger partial charge is 0.352 e. The monoisotopic (exact) mass is 419 g/mol. The third kappa shape index (κ3) is 4.69. The molecule has 31 heavy (non-hydrogen) atoms. The quantitative estimate of drug-likeness (QED) is 0.551. The Morgan fingerprint density at radius 3 is 2.48 bits per heavy atom. The van der Waals surface area contributed by atoms with E-state index >= 15 is 0 Å². The number of piperidine rings is 1. The lowest BCUT2D eigenvalue weighted by atomic mass is 10.0. The maximum atomic E-state index is 12.6. The molecule has 0 radical (unpaired) electrons. The lowest BCUT2D eigenvalue weighted by Gasteiger charge is -2.33. The zero-order valence-electron chi connectivity index (χ0n) is 18.0. The zero-order valence-corrected chi connectivity index (χ0v) is 18.0. The number of imide groups is 1. The Labute approximate surface area is 183 Å². The molecule has 1 saturated heterocycles. The van der Waals surface area contributed by atoms with Crippen molar-refractivity contribution in [1.29, 1.82) is 0 Å². The Morgan fingerprint density at radius 2 is 1.77 bits per heavy atom. The smallest absolute Gasteiger partial charge is 0.261 e.